The molecule has 6 heteroatoms. The second-order valence-corrected chi connectivity index (χ2v) is 7.39. The van der Waals surface area contributed by atoms with Crippen LogP contribution in [0.25, 0.3) is 22.5 Å². The molecule has 0 radical (unpaired) electrons. The first-order valence-electron chi connectivity index (χ1n) is 9.41. The van der Waals surface area contributed by atoms with Crippen molar-refractivity contribution in [2.75, 3.05) is 5.75 Å². The number of pyridine rings is 1. The van der Waals surface area contributed by atoms with E-state index in [1.54, 1.807) is 12.4 Å². The van der Waals surface area contributed by atoms with E-state index in [1.165, 1.54) is 11.8 Å². The van der Waals surface area contributed by atoms with Crippen molar-refractivity contribution in [1.29, 1.82) is 0 Å². The molecule has 0 N–H and O–H groups in total. The Morgan fingerprint density at radius 3 is 2.31 bits per heavy atom. The second kappa shape index (κ2) is 8.84. The van der Waals surface area contributed by atoms with Crippen LogP contribution in [0.5, 0.6) is 0 Å². The smallest absolute Gasteiger partial charge is 0.191 e. The number of rotatable bonds is 7. The third-order valence-corrected chi connectivity index (χ3v) is 5.57. The van der Waals surface area contributed by atoms with Crippen LogP contribution >= 0.6 is 11.8 Å². The lowest BCUT2D eigenvalue weighted by atomic mass is 10.0. The molecule has 0 aliphatic heterocycles. The monoisotopic (exact) mass is 400 g/mol. The predicted molar refractivity (Wildman–Crippen MR) is 116 cm³/mol. The first-order chi connectivity index (χ1) is 14.3. The van der Waals surface area contributed by atoms with Gasteiger partial charge in [-0.3, -0.25) is 9.78 Å². The van der Waals surface area contributed by atoms with Crippen LogP contribution in [0.1, 0.15) is 17.3 Å². The Morgan fingerprint density at radius 1 is 0.897 bits per heavy atom. The molecule has 2 aromatic heterocycles. The van der Waals surface area contributed by atoms with E-state index < -0.39 is 0 Å². The minimum absolute atomic E-state index is 0.0724. The highest BCUT2D eigenvalue weighted by Crippen LogP contribution is 2.25. The summed E-state index contributed by atoms with van der Waals surface area (Å²) >= 11 is 1.41. The van der Waals surface area contributed by atoms with Crippen molar-refractivity contribution < 1.29 is 4.79 Å². The quantitative estimate of drug-likeness (QED) is 0.323. The van der Waals surface area contributed by atoms with Gasteiger partial charge < -0.3 is 4.57 Å². The number of carbonyl (C=O) groups is 1. The number of ketones is 1. The number of nitrogens with zero attached hydrogens (tertiary/aromatic N) is 4. The van der Waals surface area contributed by atoms with Crippen LogP contribution in [0.2, 0.25) is 0 Å². The van der Waals surface area contributed by atoms with Gasteiger partial charge in [0.25, 0.3) is 0 Å². The van der Waals surface area contributed by atoms with Gasteiger partial charge in [0, 0.05) is 30.1 Å². The largest absolute Gasteiger partial charge is 0.302 e. The zero-order valence-corrected chi connectivity index (χ0v) is 16.8. The number of aromatic nitrogens is 4. The number of hydrogen-bond acceptors (Lipinski definition) is 5. The third-order valence-electron chi connectivity index (χ3n) is 4.60. The Bertz CT molecular complexity index is 1090. The molecule has 0 amide bonds. The highest BCUT2D eigenvalue weighted by atomic mass is 32.2. The molecule has 2 heterocycles. The van der Waals surface area contributed by atoms with Gasteiger partial charge in [-0.25, -0.2) is 0 Å². The van der Waals surface area contributed by atoms with E-state index in [9.17, 15) is 4.79 Å². The Morgan fingerprint density at radius 2 is 1.62 bits per heavy atom. The second-order valence-electron chi connectivity index (χ2n) is 6.45. The molecular weight excluding hydrogens is 380 g/mol. The van der Waals surface area contributed by atoms with Crippen LogP contribution in [0.4, 0.5) is 0 Å². The Hall–Kier alpha value is -3.25. The van der Waals surface area contributed by atoms with E-state index in [0.717, 1.165) is 34.2 Å². The van der Waals surface area contributed by atoms with Crippen molar-refractivity contribution in [2.24, 2.45) is 0 Å². The maximum absolute atomic E-state index is 12.7. The molecular formula is C23H20N4OS. The van der Waals surface area contributed by atoms with E-state index >= 15 is 0 Å². The molecule has 29 heavy (non-hydrogen) atoms. The summed E-state index contributed by atoms with van der Waals surface area (Å²) in [6.07, 6.45) is 3.50. The Labute approximate surface area is 173 Å². The summed E-state index contributed by atoms with van der Waals surface area (Å²) in [6.45, 7) is 2.76. The molecule has 0 fully saturated rings. The lowest BCUT2D eigenvalue weighted by Crippen LogP contribution is -2.05. The molecule has 0 unspecified atom stereocenters. The van der Waals surface area contributed by atoms with Gasteiger partial charge in [0.2, 0.25) is 0 Å². The van der Waals surface area contributed by atoms with E-state index in [2.05, 4.69) is 27.3 Å². The fourth-order valence-electron chi connectivity index (χ4n) is 3.08. The highest BCUT2D eigenvalue weighted by molar-refractivity contribution is 7.99. The van der Waals surface area contributed by atoms with Crippen LogP contribution in [-0.4, -0.2) is 31.3 Å². The summed E-state index contributed by atoms with van der Waals surface area (Å²) in [5, 5.41) is 9.31. The zero-order chi connectivity index (χ0) is 20.1. The molecule has 0 saturated heterocycles. The lowest BCUT2D eigenvalue weighted by molar-refractivity contribution is 0.102. The maximum Gasteiger partial charge on any atom is 0.191 e. The van der Waals surface area contributed by atoms with E-state index in [0.29, 0.717) is 11.3 Å². The zero-order valence-electron chi connectivity index (χ0n) is 16.0. The topological polar surface area (TPSA) is 60.7 Å². The van der Waals surface area contributed by atoms with E-state index in [-0.39, 0.29) is 5.78 Å². The molecule has 4 rings (SSSR count). The van der Waals surface area contributed by atoms with Gasteiger partial charge in [-0.05, 0) is 30.2 Å². The number of carbonyl (C=O) groups excluding carboxylic acids is 1. The third kappa shape index (κ3) is 4.27. The Balaban J connectivity index is 1.45. The van der Waals surface area contributed by atoms with Crippen molar-refractivity contribution in [2.45, 2.75) is 18.6 Å². The molecule has 0 bridgehead atoms. The predicted octanol–water partition coefficient (Wildman–Crippen LogP) is 5.00. The van der Waals surface area contributed by atoms with E-state index in [1.807, 2.05) is 66.1 Å². The first kappa shape index (κ1) is 19.1. The number of Topliss-reactive ketones (excluding diaryl/α,β-unsaturated/α-hetero) is 1. The van der Waals surface area contributed by atoms with Crippen molar-refractivity contribution in [1.82, 2.24) is 19.7 Å². The molecule has 4 aromatic rings. The van der Waals surface area contributed by atoms with Crippen molar-refractivity contribution in [3.63, 3.8) is 0 Å². The van der Waals surface area contributed by atoms with Gasteiger partial charge in [-0.2, -0.15) is 0 Å². The van der Waals surface area contributed by atoms with Crippen LogP contribution in [0, 0.1) is 0 Å². The molecule has 0 spiro atoms. The normalized spacial score (nSPS) is 10.8. The average molecular weight is 401 g/mol. The first-order valence-corrected chi connectivity index (χ1v) is 10.4. The minimum Gasteiger partial charge on any atom is -0.302 e. The SMILES string of the molecule is CCn1c(SCC(=O)c2ccc(-c3ccccc3)cc2)nnc1-c1cccnc1. The standard InChI is InChI=1S/C23H20N4OS/c1-2-27-22(20-9-6-14-24-15-20)25-26-23(27)29-16-21(28)19-12-10-18(11-13-19)17-7-4-3-5-8-17/h3-15H,2,16H2,1H3. The summed E-state index contributed by atoms with van der Waals surface area (Å²) in [4.78, 5) is 16.8. The van der Waals surface area contributed by atoms with Crippen LogP contribution < -0.4 is 0 Å². The van der Waals surface area contributed by atoms with Gasteiger partial charge in [-0.1, -0.05) is 66.4 Å². The van der Waals surface area contributed by atoms with Gasteiger partial charge in [0.1, 0.15) is 0 Å². The fourth-order valence-corrected chi connectivity index (χ4v) is 3.98. The van der Waals surface area contributed by atoms with E-state index in [4.69, 9.17) is 0 Å². The molecule has 0 aliphatic rings. The minimum atomic E-state index is 0.0724. The molecule has 0 atom stereocenters. The van der Waals surface area contributed by atoms with Gasteiger partial charge in [0.15, 0.2) is 16.8 Å². The summed E-state index contributed by atoms with van der Waals surface area (Å²) in [5.74, 6) is 1.15. The molecule has 0 aliphatic carbocycles. The molecule has 5 nitrogen and oxygen atoms in total. The average Bonchev–Trinajstić information content (AvgIpc) is 3.21. The van der Waals surface area contributed by atoms with Gasteiger partial charge in [0.05, 0.1) is 5.75 Å². The van der Waals surface area contributed by atoms with Gasteiger partial charge in [-0.15, -0.1) is 10.2 Å². The van der Waals surface area contributed by atoms with Crippen molar-refractivity contribution in [3.8, 4) is 22.5 Å². The Kier molecular flexibility index (Phi) is 5.81. The van der Waals surface area contributed by atoms with Crippen molar-refractivity contribution in [3.05, 3.63) is 84.7 Å². The highest BCUT2D eigenvalue weighted by Gasteiger charge is 2.15. The molecule has 144 valence electrons. The summed E-state index contributed by atoms with van der Waals surface area (Å²) in [5.41, 5.74) is 3.85. The summed E-state index contributed by atoms with van der Waals surface area (Å²) in [7, 11) is 0. The summed E-state index contributed by atoms with van der Waals surface area (Å²) < 4.78 is 2.01. The van der Waals surface area contributed by atoms with Crippen LogP contribution in [-0.2, 0) is 6.54 Å². The molecule has 0 saturated carbocycles. The fraction of sp³-hybridized carbons (Fsp3) is 0.130. The lowest BCUT2D eigenvalue weighted by Gasteiger charge is -2.07. The number of thioether (sulfide) groups is 1. The number of benzene rings is 2. The van der Waals surface area contributed by atoms with Gasteiger partial charge >= 0.3 is 0 Å². The maximum atomic E-state index is 12.7. The van der Waals surface area contributed by atoms with Crippen molar-refractivity contribution >= 4 is 17.5 Å². The summed E-state index contributed by atoms with van der Waals surface area (Å²) in [6, 6.07) is 21.7. The van der Waals surface area contributed by atoms with Crippen LogP contribution in [0.15, 0.2) is 84.3 Å². The number of hydrogen-bond donors (Lipinski definition) is 0. The molecule has 2 aromatic carbocycles. The van der Waals surface area contributed by atoms with Crippen LogP contribution in [0.3, 0.4) is 0 Å².